The van der Waals surface area contributed by atoms with E-state index in [1.54, 1.807) is 0 Å². The summed E-state index contributed by atoms with van der Waals surface area (Å²) in [5.41, 5.74) is 5.25. The first-order chi connectivity index (χ1) is 6.69. The van der Waals surface area contributed by atoms with Crippen LogP contribution in [-0.4, -0.2) is 0 Å². The SMILES string of the molecule is CCCC(NN)c1cc(Cl)ccc1C. The van der Waals surface area contributed by atoms with Crippen molar-refractivity contribution in [3.63, 3.8) is 0 Å². The van der Waals surface area contributed by atoms with Crippen molar-refractivity contribution in [2.24, 2.45) is 5.84 Å². The minimum absolute atomic E-state index is 0.207. The maximum atomic E-state index is 5.95. The summed E-state index contributed by atoms with van der Waals surface area (Å²) in [7, 11) is 0. The Labute approximate surface area is 90.4 Å². The lowest BCUT2D eigenvalue weighted by atomic mass is 9.98. The van der Waals surface area contributed by atoms with Crippen molar-refractivity contribution in [1.29, 1.82) is 0 Å². The normalized spacial score (nSPS) is 12.9. The molecule has 0 heterocycles. The summed E-state index contributed by atoms with van der Waals surface area (Å²) in [5.74, 6) is 5.52. The second kappa shape index (κ2) is 5.35. The van der Waals surface area contributed by atoms with E-state index in [2.05, 4.69) is 19.3 Å². The summed E-state index contributed by atoms with van der Waals surface area (Å²) >= 11 is 5.95. The molecule has 78 valence electrons. The van der Waals surface area contributed by atoms with E-state index in [0.717, 1.165) is 17.9 Å². The summed E-state index contributed by atoms with van der Waals surface area (Å²) in [5, 5.41) is 0.766. The molecular formula is C11H17ClN2. The number of halogens is 1. The molecule has 1 aromatic carbocycles. The van der Waals surface area contributed by atoms with Crippen molar-refractivity contribution in [1.82, 2.24) is 5.43 Å². The first-order valence-electron chi connectivity index (χ1n) is 4.91. The molecule has 0 aliphatic carbocycles. The number of hydrazine groups is 1. The summed E-state index contributed by atoms with van der Waals surface area (Å²) in [6, 6.07) is 6.12. The summed E-state index contributed by atoms with van der Waals surface area (Å²) in [6.07, 6.45) is 2.12. The Balaban J connectivity index is 2.96. The third kappa shape index (κ3) is 2.71. The minimum atomic E-state index is 0.207. The number of nitrogens with one attached hydrogen (secondary N) is 1. The molecule has 1 unspecified atom stereocenters. The van der Waals surface area contributed by atoms with Gasteiger partial charge in [0.05, 0.1) is 0 Å². The van der Waals surface area contributed by atoms with Crippen molar-refractivity contribution in [2.45, 2.75) is 32.7 Å². The smallest absolute Gasteiger partial charge is 0.0463 e. The first kappa shape index (κ1) is 11.5. The van der Waals surface area contributed by atoms with Crippen LogP contribution in [0.15, 0.2) is 18.2 Å². The number of benzene rings is 1. The zero-order valence-electron chi connectivity index (χ0n) is 8.68. The molecule has 0 saturated heterocycles. The minimum Gasteiger partial charge on any atom is -0.271 e. The molecule has 0 fully saturated rings. The molecule has 0 bridgehead atoms. The van der Waals surface area contributed by atoms with Crippen LogP contribution in [0.3, 0.4) is 0 Å². The van der Waals surface area contributed by atoms with E-state index in [0.29, 0.717) is 0 Å². The van der Waals surface area contributed by atoms with Crippen molar-refractivity contribution < 1.29 is 0 Å². The number of nitrogens with two attached hydrogens (primary N) is 1. The topological polar surface area (TPSA) is 38.0 Å². The molecule has 0 aromatic heterocycles. The van der Waals surface area contributed by atoms with Crippen LogP contribution in [0, 0.1) is 6.92 Å². The van der Waals surface area contributed by atoms with Crippen molar-refractivity contribution in [3.05, 3.63) is 34.3 Å². The van der Waals surface area contributed by atoms with Crippen LogP contribution in [0.1, 0.15) is 36.9 Å². The number of rotatable bonds is 4. The van der Waals surface area contributed by atoms with Gasteiger partial charge < -0.3 is 0 Å². The van der Waals surface area contributed by atoms with E-state index in [4.69, 9.17) is 17.4 Å². The predicted octanol–water partition coefficient (Wildman–Crippen LogP) is 2.95. The lowest BCUT2D eigenvalue weighted by molar-refractivity contribution is 0.508. The Morgan fingerprint density at radius 3 is 2.79 bits per heavy atom. The van der Waals surface area contributed by atoms with E-state index in [1.807, 2.05) is 18.2 Å². The Morgan fingerprint density at radius 2 is 2.21 bits per heavy atom. The average Bonchev–Trinajstić information content (AvgIpc) is 2.18. The second-order valence-corrected chi connectivity index (χ2v) is 3.95. The van der Waals surface area contributed by atoms with Gasteiger partial charge in [-0.05, 0) is 36.6 Å². The highest BCUT2D eigenvalue weighted by Crippen LogP contribution is 2.24. The van der Waals surface area contributed by atoms with Crippen molar-refractivity contribution >= 4 is 11.6 Å². The van der Waals surface area contributed by atoms with Gasteiger partial charge >= 0.3 is 0 Å². The molecule has 0 saturated carbocycles. The molecule has 1 rings (SSSR count). The molecule has 0 aliphatic heterocycles. The molecule has 14 heavy (non-hydrogen) atoms. The molecule has 0 aliphatic rings. The van der Waals surface area contributed by atoms with Crippen LogP contribution in [0.5, 0.6) is 0 Å². The lowest BCUT2D eigenvalue weighted by Crippen LogP contribution is -2.28. The Kier molecular flexibility index (Phi) is 4.39. The molecule has 0 radical (unpaired) electrons. The van der Waals surface area contributed by atoms with Gasteiger partial charge in [0.2, 0.25) is 0 Å². The third-order valence-corrected chi connectivity index (χ3v) is 2.63. The van der Waals surface area contributed by atoms with Crippen LogP contribution < -0.4 is 11.3 Å². The van der Waals surface area contributed by atoms with E-state index in [-0.39, 0.29) is 6.04 Å². The van der Waals surface area contributed by atoms with Gasteiger partial charge in [-0.25, -0.2) is 0 Å². The number of hydrogen-bond acceptors (Lipinski definition) is 2. The van der Waals surface area contributed by atoms with Gasteiger partial charge in [0.25, 0.3) is 0 Å². The number of hydrogen-bond donors (Lipinski definition) is 2. The number of aryl methyl sites for hydroxylation is 1. The van der Waals surface area contributed by atoms with Gasteiger partial charge in [-0.2, -0.15) is 0 Å². The monoisotopic (exact) mass is 212 g/mol. The lowest BCUT2D eigenvalue weighted by Gasteiger charge is -2.17. The van der Waals surface area contributed by atoms with Crippen LogP contribution in [0.2, 0.25) is 5.02 Å². The van der Waals surface area contributed by atoms with E-state index in [1.165, 1.54) is 11.1 Å². The van der Waals surface area contributed by atoms with Crippen LogP contribution in [0.4, 0.5) is 0 Å². The van der Waals surface area contributed by atoms with Crippen molar-refractivity contribution in [2.75, 3.05) is 0 Å². The van der Waals surface area contributed by atoms with Gasteiger partial charge in [0.15, 0.2) is 0 Å². The standard InChI is InChI=1S/C11H17ClN2/c1-3-4-11(14-13)10-7-9(12)6-5-8(10)2/h5-7,11,14H,3-4,13H2,1-2H3. The summed E-state index contributed by atoms with van der Waals surface area (Å²) in [4.78, 5) is 0. The van der Waals surface area contributed by atoms with E-state index < -0.39 is 0 Å². The molecule has 1 atom stereocenters. The molecule has 1 aromatic rings. The van der Waals surface area contributed by atoms with E-state index in [9.17, 15) is 0 Å². The maximum absolute atomic E-state index is 5.95. The fourth-order valence-corrected chi connectivity index (χ4v) is 1.78. The van der Waals surface area contributed by atoms with Gasteiger partial charge in [-0.1, -0.05) is 31.0 Å². The fourth-order valence-electron chi connectivity index (χ4n) is 1.60. The predicted molar refractivity (Wildman–Crippen MR) is 61.2 cm³/mol. The molecule has 2 nitrogen and oxygen atoms in total. The molecular weight excluding hydrogens is 196 g/mol. The Morgan fingerprint density at radius 1 is 1.50 bits per heavy atom. The molecule has 3 heteroatoms. The van der Waals surface area contributed by atoms with Crippen LogP contribution in [0.25, 0.3) is 0 Å². The highest BCUT2D eigenvalue weighted by atomic mass is 35.5. The van der Waals surface area contributed by atoms with Gasteiger partial charge in [-0.15, -0.1) is 0 Å². The highest BCUT2D eigenvalue weighted by molar-refractivity contribution is 6.30. The molecule has 0 spiro atoms. The quantitative estimate of drug-likeness (QED) is 0.595. The maximum Gasteiger partial charge on any atom is 0.0463 e. The van der Waals surface area contributed by atoms with Crippen molar-refractivity contribution in [3.8, 4) is 0 Å². The Hall–Kier alpha value is -0.570. The molecule has 0 amide bonds. The second-order valence-electron chi connectivity index (χ2n) is 3.51. The first-order valence-corrected chi connectivity index (χ1v) is 5.29. The summed E-state index contributed by atoms with van der Waals surface area (Å²) in [6.45, 7) is 4.22. The fraction of sp³-hybridized carbons (Fsp3) is 0.455. The highest BCUT2D eigenvalue weighted by Gasteiger charge is 2.11. The van der Waals surface area contributed by atoms with Crippen LogP contribution >= 0.6 is 11.6 Å². The van der Waals surface area contributed by atoms with Gasteiger partial charge in [-0.3, -0.25) is 11.3 Å². The Bertz CT molecular complexity index is 299. The van der Waals surface area contributed by atoms with Gasteiger partial charge in [0.1, 0.15) is 0 Å². The van der Waals surface area contributed by atoms with Crippen LogP contribution in [-0.2, 0) is 0 Å². The van der Waals surface area contributed by atoms with Gasteiger partial charge in [0, 0.05) is 11.1 Å². The zero-order chi connectivity index (χ0) is 10.6. The zero-order valence-corrected chi connectivity index (χ0v) is 9.43. The third-order valence-electron chi connectivity index (χ3n) is 2.40. The largest absolute Gasteiger partial charge is 0.271 e. The van der Waals surface area contributed by atoms with E-state index >= 15 is 0 Å². The average molecular weight is 213 g/mol. The summed E-state index contributed by atoms with van der Waals surface area (Å²) < 4.78 is 0. The molecule has 3 N–H and O–H groups in total.